The minimum atomic E-state index is 0.502. The first kappa shape index (κ1) is 17.6. The number of unbranched alkanes of at least 4 members (excludes halogenated alkanes) is 1. The molecular formula is C22H22N2O2. The quantitative estimate of drug-likeness (QED) is 0.175. The van der Waals surface area contributed by atoms with Crippen molar-refractivity contribution in [1.82, 2.24) is 4.90 Å². The van der Waals surface area contributed by atoms with Crippen LogP contribution in [0.15, 0.2) is 59.8 Å². The summed E-state index contributed by atoms with van der Waals surface area (Å²) in [6, 6.07) is 16.4. The minimum absolute atomic E-state index is 0.502. The highest BCUT2D eigenvalue weighted by Gasteiger charge is 2.25. The number of fused-ring (bicyclic) bond motifs is 3. The van der Waals surface area contributed by atoms with Crippen LogP contribution in [-0.2, 0) is 0 Å². The molecule has 2 aromatic carbocycles. The summed E-state index contributed by atoms with van der Waals surface area (Å²) < 4.78 is 5.81. The minimum Gasteiger partial charge on any atom is -0.490 e. The number of allylic oxidation sites excluding steroid dienone is 1. The SMILES string of the molecule is C#CN(C)CCC/C=C/COc1ccc2c(c1)/C(=N/O)c1ccccc1-2. The second-order valence-corrected chi connectivity index (χ2v) is 6.18. The molecule has 4 heteroatoms. The van der Waals surface area contributed by atoms with Gasteiger partial charge in [0.2, 0.25) is 0 Å². The largest absolute Gasteiger partial charge is 0.490 e. The van der Waals surface area contributed by atoms with Crippen LogP contribution in [-0.4, -0.2) is 36.0 Å². The fourth-order valence-electron chi connectivity index (χ4n) is 3.06. The summed E-state index contributed by atoms with van der Waals surface area (Å²) >= 11 is 0. The molecule has 0 saturated carbocycles. The van der Waals surface area contributed by atoms with Crippen molar-refractivity contribution in [2.45, 2.75) is 12.8 Å². The van der Waals surface area contributed by atoms with Crippen molar-refractivity contribution < 1.29 is 9.94 Å². The predicted molar refractivity (Wildman–Crippen MR) is 105 cm³/mol. The lowest BCUT2D eigenvalue weighted by molar-refractivity contribution is 0.319. The standard InChI is InChI=1S/C22H22N2O2/c1-3-24(2)14-8-4-5-9-15-26-17-12-13-19-18-10-6-7-11-20(18)22(23-25)21(19)16-17/h1,5-7,9-13,16,25H,4,8,14-15H2,2H3/b9-5+,23-22+. The first-order chi connectivity index (χ1) is 12.7. The number of rotatable bonds is 7. The molecule has 0 unspecified atom stereocenters. The molecule has 0 aliphatic heterocycles. The van der Waals surface area contributed by atoms with Gasteiger partial charge in [-0.2, -0.15) is 0 Å². The predicted octanol–water partition coefficient (Wildman–Crippen LogP) is 4.13. The van der Waals surface area contributed by atoms with Crippen molar-refractivity contribution in [2.75, 3.05) is 20.2 Å². The average molecular weight is 346 g/mol. The van der Waals surface area contributed by atoms with Gasteiger partial charge in [-0.25, -0.2) is 0 Å². The maximum Gasteiger partial charge on any atom is 0.120 e. The molecule has 1 aliphatic carbocycles. The number of hydrogen-bond donors (Lipinski definition) is 1. The molecule has 0 heterocycles. The van der Waals surface area contributed by atoms with E-state index >= 15 is 0 Å². The van der Waals surface area contributed by atoms with Gasteiger partial charge in [-0.05, 0) is 42.2 Å². The Morgan fingerprint density at radius 3 is 2.65 bits per heavy atom. The molecule has 0 spiro atoms. The number of nitrogens with zero attached hydrogens (tertiary/aromatic N) is 2. The van der Waals surface area contributed by atoms with Crippen molar-refractivity contribution in [2.24, 2.45) is 5.16 Å². The number of ether oxygens (including phenoxy) is 1. The molecule has 1 aliphatic rings. The van der Waals surface area contributed by atoms with Crippen LogP contribution in [0, 0.1) is 12.5 Å². The summed E-state index contributed by atoms with van der Waals surface area (Å²) in [6.45, 7) is 1.39. The maximum atomic E-state index is 9.42. The maximum absolute atomic E-state index is 9.42. The molecule has 0 fully saturated rings. The lowest BCUT2D eigenvalue weighted by atomic mass is 10.1. The van der Waals surface area contributed by atoms with Gasteiger partial charge in [0, 0.05) is 30.8 Å². The number of hydrogen-bond acceptors (Lipinski definition) is 4. The van der Waals surface area contributed by atoms with Gasteiger partial charge < -0.3 is 14.8 Å². The van der Waals surface area contributed by atoms with Crippen LogP contribution in [0.2, 0.25) is 0 Å². The summed E-state index contributed by atoms with van der Waals surface area (Å²) in [5.74, 6) is 0.759. The Hall–Kier alpha value is -3.19. The molecule has 0 atom stereocenters. The van der Waals surface area contributed by atoms with Gasteiger partial charge >= 0.3 is 0 Å². The van der Waals surface area contributed by atoms with Crippen LogP contribution in [0.1, 0.15) is 24.0 Å². The van der Waals surface area contributed by atoms with Gasteiger partial charge in [0.25, 0.3) is 0 Å². The molecule has 4 nitrogen and oxygen atoms in total. The van der Waals surface area contributed by atoms with Gasteiger partial charge in [0.15, 0.2) is 0 Å². The van der Waals surface area contributed by atoms with E-state index < -0.39 is 0 Å². The van der Waals surface area contributed by atoms with Crippen molar-refractivity contribution in [1.29, 1.82) is 0 Å². The Morgan fingerprint density at radius 1 is 1.12 bits per heavy atom. The lowest BCUT2D eigenvalue weighted by Gasteiger charge is -2.08. The monoisotopic (exact) mass is 346 g/mol. The first-order valence-corrected chi connectivity index (χ1v) is 8.66. The summed E-state index contributed by atoms with van der Waals surface area (Å²) in [6.07, 6.45) is 11.4. The third kappa shape index (κ3) is 3.73. The van der Waals surface area contributed by atoms with E-state index in [0.29, 0.717) is 12.3 Å². The molecule has 132 valence electrons. The molecule has 0 saturated heterocycles. The zero-order valence-corrected chi connectivity index (χ0v) is 14.9. The Balaban J connectivity index is 1.59. The number of oxime groups is 1. The summed E-state index contributed by atoms with van der Waals surface area (Å²) in [7, 11) is 1.91. The lowest BCUT2D eigenvalue weighted by Crippen LogP contribution is -2.11. The number of terminal acetylenes is 1. The third-order valence-electron chi connectivity index (χ3n) is 4.42. The van der Waals surface area contributed by atoms with Gasteiger partial charge in [-0.15, -0.1) is 0 Å². The van der Waals surface area contributed by atoms with Gasteiger partial charge in [0.1, 0.15) is 18.1 Å². The Morgan fingerprint density at radius 2 is 1.88 bits per heavy atom. The highest BCUT2D eigenvalue weighted by Crippen LogP contribution is 2.38. The van der Waals surface area contributed by atoms with Crippen LogP contribution >= 0.6 is 0 Å². The zero-order valence-electron chi connectivity index (χ0n) is 14.9. The smallest absolute Gasteiger partial charge is 0.120 e. The number of benzene rings is 2. The Bertz CT molecular complexity index is 878. The van der Waals surface area contributed by atoms with Crippen LogP contribution in [0.4, 0.5) is 0 Å². The molecule has 0 amide bonds. The highest BCUT2D eigenvalue weighted by molar-refractivity contribution is 6.24. The Kier molecular flexibility index (Phi) is 5.60. The van der Waals surface area contributed by atoms with Crippen molar-refractivity contribution in [3.05, 3.63) is 65.7 Å². The second-order valence-electron chi connectivity index (χ2n) is 6.18. The van der Waals surface area contributed by atoms with Crippen molar-refractivity contribution in [3.63, 3.8) is 0 Å². The van der Waals surface area contributed by atoms with E-state index in [1.165, 1.54) is 0 Å². The van der Waals surface area contributed by atoms with E-state index in [9.17, 15) is 5.21 Å². The zero-order chi connectivity index (χ0) is 18.4. The molecule has 2 aromatic rings. The molecule has 3 rings (SSSR count). The first-order valence-electron chi connectivity index (χ1n) is 8.66. The van der Waals surface area contributed by atoms with Crippen LogP contribution < -0.4 is 4.74 Å². The van der Waals surface area contributed by atoms with Gasteiger partial charge in [-0.1, -0.05) is 48.0 Å². The van der Waals surface area contributed by atoms with Crippen LogP contribution in [0.5, 0.6) is 5.75 Å². The highest BCUT2D eigenvalue weighted by atomic mass is 16.5. The van der Waals surface area contributed by atoms with Gasteiger partial charge in [-0.3, -0.25) is 0 Å². The molecule has 0 bridgehead atoms. The molecule has 26 heavy (non-hydrogen) atoms. The fraction of sp³-hybridized carbons (Fsp3) is 0.227. The van der Waals surface area contributed by atoms with E-state index in [-0.39, 0.29) is 0 Å². The van der Waals surface area contributed by atoms with E-state index in [2.05, 4.69) is 17.3 Å². The summed E-state index contributed by atoms with van der Waals surface area (Å²) in [4.78, 5) is 1.84. The third-order valence-corrected chi connectivity index (χ3v) is 4.42. The summed E-state index contributed by atoms with van der Waals surface area (Å²) in [5, 5.41) is 12.9. The fourth-order valence-corrected chi connectivity index (χ4v) is 3.06. The van der Waals surface area contributed by atoms with Crippen LogP contribution in [0.25, 0.3) is 11.1 Å². The average Bonchev–Trinajstić information content (AvgIpc) is 2.99. The molecule has 0 aromatic heterocycles. The van der Waals surface area contributed by atoms with Crippen molar-refractivity contribution in [3.8, 4) is 29.3 Å². The second kappa shape index (κ2) is 8.26. The van der Waals surface area contributed by atoms with E-state index in [1.807, 2.05) is 60.5 Å². The van der Waals surface area contributed by atoms with Crippen LogP contribution in [0.3, 0.4) is 0 Å². The molecular weight excluding hydrogens is 324 g/mol. The van der Waals surface area contributed by atoms with Gasteiger partial charge in [0.05, 0.1) is 0 Å². The topological polar surface area (TPSA) is 45.1 Å². The summed E-state index contributed by atoms with van der Waals surface area (Å²) in [5.41, 5.74) is 4.58. The van der Waals surface area contributed by atoms with E-state index in [4.69, 9.17) is 11.2 Å². The molecule has 0 radical (unpaired) electrons. The molecule has 1 N–H and O–H groups in total. The van der Waals surface area contributed by atoms with E-state index in [0.717, 1.165) is 47.4 Å². The Labute approximate surface area is 154 Å². The van der Waals surface area contributed by atoms with E-state index in [1.54, 1.807) is 0 Å². The van der Waals surface area contributed by atoms with Crippen molar-refractivity contribution >= 4 is 5.71 Å². The normalized spacial score (nSPS) is 13.5.